The van der Waals surface area contributed by atoms with E-state index < -0.39 is 0 Å². The maximum absolute atomic E-state index is 11.9. The normalized spacial score (nSPS) is 16.2. The van der Waals surface area contributed by atoms with Crippen molar-refractivity contribution >= 4 is 23.2 Å². The van der Waals surface area contributed by atoms with Crippen molar-refractivity contribution in [1.29, 1.82) is 0 Å². The Kier molecular flexibility index (Phi) is 4.55. The van der Waals surface area contributed by atoms with Gasteiger partial charge in [0.15, 0.2) is 5.15 Å². The Bertz CT molecular complexity index is 418. The standard InChI is InChI=1S/C13H18ClN3O/c1-17(10-5-2-3-6-10)9-12(18)16-11-7-4-8-15-13(11)14/h4,7-8,10H,2-3,5-6,9H2,1H3,(H,16,18). The van der Waals surface area contributed by atoms with Crippen LogP contribution in [0.4, 0.5) is 5.69 Å². The van der Waals surface area contributed by atoms with Crippen molar-refractivity contribution in [3.8, 4) is 0 Å². The molecule has 1 aromatic rings. The van der Waals surface area contributed by atoms with Crippen LogP contribution in [0.15, 0.2) is 18.3 Å². The molecule has 0 saturated heterocycles. The van der Waals surface area contributed by atoms with Crippen LogP contribution >= 0.6 is 11.6 Å². The number of likely N-dealkylation sites (N-methyl/N-ethyl adjacent to an activating group) is 1. The predicted octanol–water partition coefficient (Wildman–Crippen LogP) is 2.55. The highest BCUT2D eigenvalue weighted by molar-refractivity contribution is 6.32. The summed E-state index contributed by atoms with van der Waals surface area (Å²) >= 11 is 5.89. The largest absolute Gasteiger partial charge is 0.322 e. The van der Waals surface area contributed by atoms with Crippen molar-refractivity contribution in [3.05, 3.63) is 23.5 Å². The molecule has 1 fully saturated rings. The van der Waals surface area contributed by atoms with Crippen LogP contribution < -0.4 is 5.32 Å². The van der Waals surface area contributed by atoms with Gasteiger partial charge in [-0.25, -0.2) is 4.98 Å². The number of carbonyl (C=O) groups is 1. The monoisotopic (exact) mass is 267 g/mol. The summed E-state index contributed by atoms with van der Waals surface area (Å²) in [5.74, 6) is -0.0423. The van der Waals surface area contributed by atoms with E-state index in [1.54, 1.807) is 18.3 Å². The van der Waals surface area contributed by atoms with E-state index in [2.05, 4.69) is 15.2 Å². The van der Waals surface area contributed by atoms with Gasteiger partial charge in [0.1, 0.15) is 0 Å². The topological polar surface area (TPSA) is 45.2 Å². The van der Waals surface area contributed by atoms with Crippen LogP contribution in [-0.2, 0) is 4.79 Å². The maximum atomic E-state index is 11.9. The lowest BCUT2D eigenvalue weighted by Gasteiger charge is -2.23. The highest BCUT2D eigenvalue weighted by Crippen LogP contribution is 2.22. The van der Waals surface area contributed by atoms with Gasteiger partial charge < -0.3 is 5.32 Å². The summed E-state index contributed by atoms with van der Waals surface area (Å²) in [4.78, 5) is 17.9. The van der Waals surface area contributed by atoms with Crippen LogP contribution in [0.5, 0.6) is 0 Å². The van der Waals surface area contributed by atoms with Crippen molar-refractivity contribution in [2.75, 3.05) is 18.9 Å². The van der Waals surface area contributed by atoms with Crippen molar-refractivity contribution in [1.82, 2.24) is 9.88 Å². The van der Waals surface area contributed by atoms with Crippen LogP contribution in [0.25, 0.3) is 0 Å². The number of nitrogens with one attached hydrogen (secondary N) is 1. The molecule has 18 heavy (non-hydrogen) atoms. The first kappa shape index (κ1) is 13.3. The minimum Gasteiger partial charge on any atom is -0.322 e. The van der Waals surface area contributed by atoms with E-state index in [4.69, 9.17) is 11.6 Å². The van der Waals surface area contributed by atoms with Gasteiger partial charge in [-0.3, -0.25) is 9.69 Å². The molecule has 1 aliphatic carbocycles. The van der Waals surface area contributed by atoms with E-state index in [1.807, 2.05) is 7.05 Å². The first-order valence-electron chi connectivity index (χ1n) is 6.27. The molecular weight excluding hydrogens is 250 g/mol. The molecular formula is C13H18ClN3O. The summed E-state index contributed by atoms with van der Waals surface area (Å²) in [6.45, 7) is 0.399. The van der Waals surface area contributed by atoms with Gasteiger partial charge in [0.2, 0.25) is 5.91 Å². The van der Waals surface area contributed by atoms with Crippen LogP contribution in [0.1, 0.15) is 25.7 Å². The Morgan fingerprint density at radius 2 is 2.28 bits per heavy atom. The Hall–Kier alpha value is -1.13. The molecule has 98 valence electrons. The number of amides is 1. The van der Waals surface area contributed by atoms with Crippen LogP contribution in [0.2, 0.25) is 5.15 Å². The Morgan fingerprint density at radius 3 is 2.94 bits per heavy atom. The van der Waals surface area contributed by atoms with E-state index in [0.717, 1.165) is 0 Å². The molecule has 0 aliphatic heterocycles. The number of aromatic nitrogens is 1. The Morgan fingerprint density at radius 1 is 1.56 bits per heavy atom. The number of rotatable bonds is 4. The van der Waals surface area contributed by atoms with Crippen molar-refractivity contribution in [2.45, 2.75) is 31.7 Å². The molecule has 0 aromatic carbocycles. The molecule has 2 rings (SSSR count). The number of hydrogen-bond donors (Lipinski definition) is 1. The fraction of sp³-hybridized carbons (Fsp3) is 0.538. The summed E-state index contributed by atoms with van der Waals surface area (Å²) in [7, 11) is 2.00. The quantitative estimate of drug-likeness (QED) is 0.853. The lowest BCUT2D eigenvalue weighted by molar-refractivity contribution is -0.117. The fourth-order valence-corrected chi connectivity index (χ4v) is 2.54. The van der Waals surface area contributed by atoms with E-state index in [0.29, 0.717) is 23.4 Å². The maximum Gasteiger partial charge on any atom is 0.238 e. The van der Waals surface area contributed by atoms with Crippen LogP contribution in [0.3, 0.4) is 0 Å². The Balaban J connectivity index is 1.86. The molecule has 1 heterocycles. The minimum absolute atomic E-state index is 0.0423. The molecule has 1 N–H and O–H groups in total. The van der Waals surface area contributed by atoms with Crippen molar-refractivity contribution < 1.29 is 4.79 Å². The third-order valence-electron chi connectivity index (χ3n) is 3.37. The lowest BCUT2D eigenvalue weighted by Crippen LogP contribution is -2.36. The summed E-state index contributed by atoms with van der Waals surface area (Å²) in [5, 5.41) is 3.12. The van der Waals surface area contributed by atoms with Gasteiger partial charge in [0.05, 0.1) is 12.2 Å². The SMILES string of the molecule is CN(CC(=O)Nc1cccnc1Cl)C1CCCC1. The summed E-state index contributed by atoms with van der Waals surface area (Å²) in [6, 6.07) is 4.05. The first-order chi connectivity index (χ1) is 8.66. The highest BCUT2D eigenvalue weighted by Gasteiger charge is 2.21. The van der Waals surface area contributed by atoms with E-state index in [9.17, 15) is 4.79 Å². The van der Waals surface area contributed by atoms with Gasteiger partial charge in [-0.15, -0.1) is 0 Å². The molecule has 1 saturated carbocycles. The van der Waals surface area contributed by atoms with Gasteiger partial charge in [0.25, 0.3) is 0 Å². The van der Waals surface area contributed by atoms with Crippen LogP contribution in [-0.4, -0.2) is 35.4 Å². The van der Waals surface area contributed by atoms with E-state index in [1.165, 1.54) is 25.7 Å². The van der Waals surface area contributed by atoms with Gasteiger partial charge >= 0.3 is 0 Å². The van der Waals surface area contributed by atoms with Crippen molar-refractivity contribution in [3.63, 3.8) is 0 Å². The highest BCUT2D eigenvalue weighted by atomic mass is 35.5. The molecule has 1 aliphatic rings. The number of nitrogens with zero attached hydrogens (tertiary/aromatic N) is 2. The second kappa shape index (κ2) is 6.16. The third kappa shape index (κ3) is 3.43. The molecule has 0 atom stereocenters. The van der Waals surface area contributed by atoms with Gasteiger partial charge in [-0.1, -0.05) is 24.4 Å². The lowest BCUT2D eigenvalue weighted by atomic mass is 10.2. The first-order valence-corrected chi connectivity index (χ1v) is 6.65. The summed E-state index contributed by atoms with van der Waals surface area (Å²) < 4.78 is 0. The van der Waals surface area contributed by atoms with E-state index in [-0.39, 0.29) is 5.91 Å². The van der Waals surface area contributed by atoms with E-state index >= 15 is 0 Å². The fourth-order valence-electron chi connectivity index (χ4n) is 2.37. The number of halogens is 1. The molecule has 5 heteroatoms. The number of hydrogen-bond acceptors (Lipinski definition) is 3. The van der Waals surface area contributed by atoms with Crippen LogP contribution in [0, 0.1) is 0 Å². The molecule has 1 aromatic heterocycles. The average Bonchev–Trinajstić information content (AvgIpc) is 2.85. The Labute approximate surface area is 112 Å². The smallest absolute Gasteiger partial charge is 0.238 e. The minimum atomic E-state index is -0.0423. The van der Waals surface area contributed by atoms with Gasteiger partial charge in [0, 0.05) is 12.2 Å². The predicted molar refractivity (Wildman–Crippen MR) is 72.8 cm³/mol. The molecule has 0 bridgehead atoms. The summed E-state index contributed by atoms with van der Waals surface area (Å²) in [5.41, 5.74) is 0.573. The summed E-state index contributed by atoms with van der Waals surface area (Å²) in [6.07, 6.45) is 6.52. The number of carbonyl (C=O) groups excluding carboxylic acids is 1. The molecule has 1 amide bonds. The average molecular weight is 268 g/mol. The number of anilines is 1. The van der Waals surface area contributed by atoms with Gasteiger partial charge in [-0.2, -0.15) is 0 Å². The second-order valence-electron chi connectivity index (χ2n) is 4.74. The zero-order valence-electron chi connectivity index (χ0n) is 10.5. The molecule has 0 radical (unpaired) electrons. The zero-order valence-corrected chi connectivity index (χ0v) is 11.3. The molecule has 0 spiro atoms. The second-order valence-corrected chi connectivity index (χ2v) is 5.10. The third-order valence-corrected chi connectivity index (χ3v) is 3.68. The zero-order chi connectivity index (χ0) is 13.0. The number of pyridine rings is 1. The van der Waals surface area contributed by atoms with Crippen molar-refractivity contribution in [2.24, 2.45) is 0 Å². The molecule has 4 nitrogen and oxygen atoms in total. The molecule has 0 unspecified atom stereocenters. The van der Waals surface area contributed by atoms with Gasteiger partial charge in [-0.05, 0) is 32.0 Å².